The molecule has 2 aromatic heterocycles. The molecule has 0 saturated carbocycles. The lowest BCUT2D eigenvalue weighted by Gasteiger charge is -2.16. The first kappa shape index (κ1) is 31.5. The molecule has 2 heterocycles. The lowest BCUT2D eigenvalue weighted by atomic mass is 9.98. The summed E-state index contributed by atoms with van der Waals surface area (Å²) in [4.78, 5) is 56.5. The summed E-state index contributed by atoms with van der Waals surface area (Å²) in [5.74, 6) is -4.85. The van der Waals surface area contributed by atoms with Gasteiger partial charge in [0.05, 0.1) is 23.4 Å². The van der Waals surface area contributed by atoms with Gasteiger partial charge in [-0.15, -0.1) is 0 Å². The normalized spacial score (nSPS) is 13.7. The minimum Gasteiger partial charge on any atom is -0.478 e. The third-order valence-electron chi connectivity index (χ3n) is 8.16. The van der Waals surface area contributed by atoms with E-state index in [0.717, 1.165) is 23.3 Å². The molecule has 0 unspecified atom stereocenters. The molecule has 0 spiro atoms. The van der Waals surface area contributed by atoms with E-state index in [2.05, 4.69) is 20.7 Å². The van der Waals surface area contributed by atoms with Gasteiger partial charge < -0.3 is 15.7 Å². The molecule has 13 heteroatoms. The Morgan fingerprint density at radius 3 is 2.53 bits per heavy atom. The summed E-state index contributed by atoms with van der Waals surface area (Å²) in [7, 11) is 0. The van der Waals surface area contributed by atoms with Crippen molar-refractivity contribution in [2.75, 3.05) is 0 Å². The highest BCUT2D eigenvalue weighted by molar-refractivity contribution is 6.30. The second-order valence-corrected chi connectivity index (χ2v) is 11.6. The van der Waals surface area contributed by atoms with Crippen LogP contribution >= 0.6 is 11.6 Å². The number of hydrogen-bond donors (Lipinski definition) is 3. The smallest absolute Gasteiger partial charge is 0.335 e. The van der Waals surface area contributed by atoms with Gasteiger partial charge in [-0.3, -0.25) is 14.4 Å². The highest BCUT2D eigenvalue weighted by Gasteiger charge is 2.29. The number of carboxylic acid groups (broad SMARTS) is 1. The van der Waals surface area contributed by atoms with Crippen molar-refractivity contribution in [3.05, 3.63) is 134 Å². The number of Topliss-reactive ketones (excluding diaryl/α,β-unsaturated/α-hetero) is 1. The van der Waals surface area contributed by atoms with E-state index in [1.807, 2.05) is 0 Å². The molecule has 3 N–H and O–H groups in total. The molecule has 1 aliphatic carbocycles. The SMILES string of the molecule is Cc1c(C(=O)O)ccc2c1CC[C@@H]2NC(=O)c1cc(C(=O)NCc2ccc(F)c(F)c2)nc2c(C(=O)Cc3cccc(Cl)c3)cnn12. The summed E-state index contributed by atoms with van der Waals surface area (Å²) in [5, 5.41) is 19.8. The van der Waals surface area contributed by atoms with Crippen LogP contribution < -0.4 is 10.6 Å². The Morgan fingerprint density at radius 2 is 1.79 bits per heavy atom. The molecule has 0 bridgehead atoms. The largest absolute Gasteiger partial charge is 0.478 e. The molecule has 1 aliphatic rings. The molecular formula is C34H26ClF2N5O5. The van der Waals surface area contributed by atoms with Crippen molar-refractivity contribution in [2.24, 2.45) is 0 Å². The van der Waals surface area contributed by atoms with Gasteiger partial charge in [-0.25, -0.2) is 23.1 Å². The number of benzene rings is 3. The first-order valence-electron chi connectivity index (χ1n) is 14.5. The number of aromatic carboxylic acids is 1. The fourth-order valence-corrected chi connectivity index (χ4v) is 5.99. The number of rotatable bonds is 9. The third kappa shape index (κ3) is 6.32. The van der Waals surface area contributed by atoms with Crippen molar-refractivity contribution in [1.29, 1.82) is 0 Å². The maximum absolute atomic E-state index is 13.8. The summed E-state index contributed by atoms with van der Waals surface area (Å²) >= 11 is 6.09. The Labute approximate surface area is 271 Å². The zero-order valence-electron chi connectivity index (χ0n) is 24.8. The molecular weight excluding hydrogens is 632 g/mol. The van der Waals surface area contributed by atoms with Gasteiger partial charge in [0, 0.05) is 24.1 Å². The van der Waals surface area contributed by atoms with Crippen LogP contribution in [0.2, 0.25) is 5.02 Å². The molecule has 1 atom stereocenters. The number of hydrogen-bond acceptors (Lipinski definition) is 6. The maximum Gasteiger partial charge on any atom is 0.335 e. The van der Waals surface area contributed by atoms with Crippen LogP contribution in [0.5, 0.6) is 0 Å². The number of aromatic nitrogens is 3. The van der Waals surface area contributed by atoms with Crippen LogP contribution in [0.15, 0.2) is 66.9 Å². The summed E-state index contributed by atoms with van der Waals surface area (Å²) in [6.07, 6.45) is 2.30. The van der Waals surface area contributed by atoms with Gasteiger partial charge in [-0.2, -0.15) is 5.10 Å². The van der Waals surface area contributed by atoms with Crippen molar-refractivity contribution < 1.29 is 33.1 Å². The number of ketones is 1. The fraction of sp³-hybridized carbons (Fsp3) is 0.176. The third-order valence-corrected chi connectivity index (χ3v) is 8.39. The van der Waals surface area contributed by atoms with Gasteiger partial charge in [0.1, 0.15) is 11.4 Å². The van der Waals surface area contributed by atoms with E-state index in [0.29, 0.717) is 34.6 Å². The standard InChI is InChI=1S/C34H26ClF2N5O5/c1-17-21-8-10-27(23(21)7-6-22(17)34(46)47)41-33(45)29-14-28(32(44)38-15-19-5-9-25(36)26(37)12-19)40-31-24(16-39-42(29)31)30(43)13-18-3-2-4-20(35)11-18/h2-7,9,11-12,14,16,27H,8,10,13,15H2,1H3,(H,38,44)(H,41,45)(H,46,47)/t27-/m0/s1. The lowest BCUT2D eigenvalue weighted by Crippen LogP contribution is -2.31. The average molecular weight is 658 g/mol. The average Bonchev–Trinajstić information content (AvgIpc) is 3.66. The topological polar surface area (TPSA) is 143 Å². The highest BCUT2D eigenvalue weighted by atomic mass is 35.5. The molecule has 6 rings (SSSR count). The summed E-state index contributed by atoms with van der Waals surface area (Å²) < 4.78 is 28.3. The number of carbonyl (C=O) groups is 4. The molecule has 0 fully saturated rings. The molecule has 0 saturated heterocycles. The van der Waals surface area contributed by atoms with Gasteiger partial charge in [0.15, 0.2) is 23.1 Å². The van der Waals surface area contributed by atoms with Crippen molar-refractivity contribution in [3.8, 4) is 0 Å². The number of fused-ring (bicyclic) bond motifs is 2. The van der Waals surface area contributed by atoms with Gasteiger partial charge in [0.25, 0.3) is 11.8 Å². The van der Waals surface area contributed by atoms with Gasteiger partial charge >= 0.3 is 5.97 Å². The first-order valence-corrected chi connectivity index (χ1v) is 14.9. The molecule has 5 aromatic rings. The second-order valence-electron chi connectivity index (χ2n) is 11.2. The predicted molar refractivity (Wildman–Crippen MR) is 167 cm³/mol. The Morgan fingerprint density at radius 1 is 0.979 bits per heavy atom. The van der Waals surface area contributed by atoms with E-state index >= 15 is 0 Å². The van der Waals surface area contributed by atoms with Crippen LogP contribution in [-0.2, 0) is 19.4 Å². The number of nitrogens with one attached hydrogen (secondary N) is 2. The van der Waals surface area contributed by atoms with Crippen LogP contribution in [0.25, 0.3) is 5.65 Å². The van der Waals surface area contributed by atoms with Crippen molar-refractivity contribution in [2.45, 2.75) is 38.8 Å². The van der Waals surface area contributed by atoms with E-state index in [4.69, 9.17) is 11.6 Å². The second kappa shape index (κ2) is 12.7. The van der Waals surface area contributed by atoms with E-state index in [9.17, 15) is 33.1 Å². The quantitative estimate of drug-likeness (QED) is 0.179. The van der Waals surface area contributed by atoms with Gasteiger partial charge in [-0.05, 0) is 77.9 Å². The van der Waals surface area contributed by atoms with Crippen LogP contribution in [0.3, 0.4) is 0 Å². The monoisotopic (exact) mass is 657 g/mol. The number of nitrogens with zero attached hydrogens (tertiary/aromatic N) is 3. The number of carbonyl (C=O) groups excluding carboxylic acids is 3. The maximum atomic E-state index is 13.8. The fourth-order valence-electron chi connectivity index (χ4n) is 5.78. The van der Waals surface area contributed by atoms with Crippen molar-refractivity contribution in [1.82, 2.24) is 25.2 Å². The minimum atomic E-state index is -1.07. The van der Waals surface area contributed by atoms with Gasteiger partial charge in [0.2, 0.25) is 0 Å². The van der Waals surface area contributed by atoms with Crippen LogP contribution in [-0.4, -0.2) is 43.3 Å². The molecule has 47 heavy (non-hydrogen) atoms. The highest BCUT2D eigenvalue weighted by Crippen LogP contribution is 2.35. The summed E-state index contributed by atoms with van der Waals surface area (Å²) in [6, 6.07) is 14.0. The summed E-state index contributed by atoms with van der Waals surface area (Å²) in [5.41, 5.74) is 3.13. The molecule has 238 valence electrons. The van der Waals surface area contributed by atoms with E-state index in [1.54, 1.807) is 37.3 Å². The van der Waals surface area contributed by atoms with Crippen LogP contribution in [0, 0.1) is 18.6 Å². The van der Waals surface area contributed by atoms with Crippen molar-refractivity contribution >= 4 is 40.8 Å². The van der Waals surface area contributed by atoms with E-state index in [-0.39, 0.29) is 46.9 Å². The lowest BCUT2D eigenvalue weighted by molar-refractivity contribution is 0.0695. The molecule has 2 amide bonds. The zero-order chi connectivity index (χ0) is 33.4. The van der Waals surface area contributed by atoms with Crippen molar-refractivity contribution in [3.63, 3.8) is 0 Å². The molecule has 10 nitrogen and oxygen atoms in total. The molecule has 3 aromatic carbocycles. The number of amides is 2. The number of carboxylic acids is 1. The Balaban J connectivity index is 1.34. The first-order chi connectivity index (χ1) is 22.5. The number of halogens is 3. The molecule has 0 aliphatic heterocycles. The zero-order valence-corrected chi connectivity index (χ0v) is 25.6. The van der Waals surface area contributed by atoms with Crippen LogP contribution in [0.1, 0.15) is 82.0 Å². The van der Waals surface area contributed by atoms with Gasteiger partial charge in [-0.1, -0.05) is 35.9 Å². The predicted octanol–water partition coefficient (Wildman–Crippen LogP) is 5.44. The Hall–Kier alpha value is -5.49. The minimum absolute atomic E-state index is 0.0311. The molecule has 0 radical (unpaired) electrons. The van der Waals surface area contributed by atoms with E-state index in [1.165, 1.54) is 28.9 Å². The Bertz CT molecular complexity index is 2110. The Kier molecular flexibility index (Phi) is 8.52. The van der Waals surface area contributed by atoms with Crippen LogP contribution in [0.4, 0.5) is 8.78 Å². The summed E-state index contributed by atoms with van der Waals surface area (Å²) in [6.45, 7) is 1.57. The van der Waals surface area contributed by atoms with E-state index < -0.39 is 35.5 Å².